The highest BCUT2D eigenvalue weighted by Gasteiger charge is 2.27. The van der Waals surface area contributed by atoms with E-state index in [0.717, 1.165) is 25.9 Å². The second-order valence-electron chi connectivity index (χ2n) is 5.12. The first-order valence-electron chi connectivity index (χ1n) is 6.21. The summed E-state index contributed by atoms with van der Waals surface area (Å²) in [6, 6.07) is 1.08. The minimum Gasteiger partial charge on any atom is -0.313 e. The maximum absolute atomic E-state index is 11.3. The highest BCUT2D eigenvalue weighted by Crippen LogP contribution is 2.18. The van der Waals surface area contributed by atoms with Gasteiger partial charge in [0, 0.05) is 18.6 Å². The van der Waals surface area contributed by atoms with Gasteiger partial charge in [0.15, 0.2) is 0 Å². The molecule has 0 amide bonds. The molecule has 2 fully saturated rings. The van der Waals surface area contributed by atoms with Gasteiger partial charge in [-0.1, -0.05) is 0 Å². The summed E-state index contributed by atoms with van der Waals surface area (Å²) in [5.74, 6) is 0.750. The highest BCUT2D eigenvalue weighted by atomic mass is 32.2. The molecule has 1 unspecified atom stereocenters. The van der Waals surface area contributed by atoms with Gasteiger partial charge in [0.05, 0.1) is 11.5 Å². The third kappa shape index (κ3) is 3.18. The first-order chi connectivity index (χ1) is 7.57. The number of sulfone groups is 1. The van der Waals surface area contributed by atoms with Crippen LogP contribution in [0.2, 0.25) is 0 Å². The molecule has 16 heavy (non-hydrogen) atoms. The third-order valence-corrected chi connectivity index (χ3v) is 5.53. The van der Waals surface area contributed by atoms with E-state index >= 15 is 0 Å². The van der Waals surface area contributed by atoms with E-state index in [9.17, 15) is 8.42 Å². The Bertz CT molecular complexity index is 309. The Kier molecular flexibility index (Phi) is 3.87. The molecule has 94 valence electrons. The SMILES string of the molecule is CN(CC1CCCN1)C1CCS(=O)(=O)CC1. The summed E-state index contributed by atoms with van der Waals surface area (Å²) in [5, 5.41) is 3.48. The maximum atomic E-state index is 11.3. The summed E-state index contributed by atoms with van der Waals surface area (Å²) in [6.07, 6.45) is 4.16. The smallest absolute Gasteiger partial charge is 0.150 e. The minimum absolute atomic E-state index is 0.375. The predicted molar refractivity (Wildman–Crippen MR) is 65.3 cm³/mol. The summed E-state index contributed by atoms with van der Waals surface area (Å²) >= 11 is 0. The van der Waals surface area contributed by atoms with E-state index in [4.69, 9.17) is 0 Å². The van der Waals surface area contributed by atoms with Gasteiger partial charge < -0.3 is 10.2 Å². The Morgan fingerprint density at radius 2 is 1.94 bits per heavy atom. The Hall–Kier alpha value is -0.130. The van der Waals surface area contributed by atoms with Gasteiger partial charge in [-0.2, -0.15) is 0 Å². The van der Waals surface area contributed by atoms with E-state index in [1.54, 1.807) is 0 Å². The quantitative estimate of drug-likeness (QED) is 0.775. The fraction of sp³-hybridized carbons (Fsp3) is 1.00. The van der Waals surface area contributed by atoms with Crippen molar-refractivity contribution in [3.63, 3.8) is 0 Å². The molecule has 0 aliphatic carbocycles. The first-order valence-corrected chi connectivity index (χ1v) is 8.03. The van der Waals surface area contributed by atoms with Crippen molar-refractivity contribution in [2.75, 3.05) is 31.6 Å². The lowest BCUT2D eigenvalue weighted by molar-refractivity contribution is 0.208. The van der Waals surface area contributed by atoms with E-state index in [1.807, 2.05) is 0 Å². The van der Waals surface area contributed by atoms with Gasteiger partial charge in [-0.3, -0.25) is 0 Å². The van der Waals surface area contributed by atoms with E-state index in [0.29, 0.717) is 23.6 Å². The normalized spacial score (nSPS) is 31.0. The lowest BCUT2D eigenvalue weighted by Crippen LogP contribution is -2.44. The molecule has 1 N–H and O–H groups in total. The van der Waals surface area contributed by atoms with Gasteiger partial charge in [-0.15, -0.1) is 0 Å². The predicted octanol–water partition coefficient (Wildman–Crippen LogP) is 0.247. The van der Waals surface area contributed by atoms with Crippen molar-refractivity contribution in [1.29, 1.82) is 0 Å². The summed E-state index contributed by atoms with van der Waals surface area (Å²) < 4.78 is 22.7. The second-order valence-corrected chi connectivity index (χ2v) is 7.42. The maximum Gasteiger partial charge on any atom is 0.150 e. The van der Waals surface area contributed by atoms with Gasteiger partial charge >= 0.3 is 0 Å². The Morgan fingerprint density at radius 3 is 2.50 bits per heavy atom. The average molecular weight is 246 g/mol. The van der Waals surface area contributed by atoms with Gasteiger partial charge in [0.25, 0.3) is 0 Å². The van der Waals surface area contributed by atoms with Crippen LogP contribution >= 0.6 is 0 Å². The zero-order valence-corrected chi connectivity index (χ0v) is 10.8. The number of nitrogens with zero attached hydrogens (tertiary/aromatic N) is 1. The largest absolute Gasteiger partial charge is 0.313 e. The molecule has 2 aliphatic rings. The molecule has 2 rings (SSSR count). The molecule has 5 heteroatoms. The molecular formula is C11H22N2O2S. The lowest BCUT2D eigenvalue weighted by Gasteiger charge is -2.32. The van der Waals surface area contributed by atoms with Gasteiger partial charge in [-0.25, -0.2) is 8.42 Å². The molecule has 2 heterocycles. The van der Waals surface area contributed by atoms with Crippen molar-refractivity contribution < 1.29 is 8.42 Å². The van der Waals surface area contributed by atoms with Crippen molar-refractivity contribution in [3.8, 4) is 0 Å². The van der Waals surface area contributed by atoms with Crippen LogP contribution in [0.5, 0.6) is 0 Å². The first kappa shape index (κ1) is 12.3. The number of hydrogen-bond acceptors (Lipinski definition) is 4. The second kappa shape index (κ2) is 5.02. The lowest BCUT2D eigenvalue weighted by atomic mass is 10.1. The van der Waals surface area contributed by atoms with Gasteiger partial charge in [-0.05, 0) is 39.3 Å². The standard InChI is InChI=1S/C11H22N2O2S/c1-13(9-10-3-2-6-12-10)11-4-7-16(14,15)8-5-11/h10-12H,2-9H2,1H3. The zero-order valence-electron chi connectivity index (χ0n) is 9.98. The molecule has 2 aliphatic heterocycles. The summed E-state index contributed by atoms with van der Waals surface area (Å²) in [5.41, 5.74) is 0. The van der Waals surface area contributed by atoms with Crippen LogP contribution in [0.4, 0.5) is 0 Å². The summed E-state index contributed by atoms with van der Waals surface area (Å²) in [4.78, 5) is 2.34. The molecule has 0 radical (unpaired) electrons. The zero-order chi connectivity index (χ0) is 11.6. The fourth-order valence-electron chi connectivity index (χ4n) is 2.73. The average Bonchev–Trinajstić information content (AvgIpc) is 2.70. The third-order valence-electron chi connectivity index (χ3n) is 3.82. The van der Waals surface area contributed by atoms with Crippen LogP contribution in [-0.4, -0.2) is 57.0 Å². The Balaban J connectivity index is 1.79. The molecule has 0 aromatic heterocycles. The topological polar surface area (TPSA) is 49.4 Å². The van der Waals surface area contributed by atoms with Crippen LogP contribution in [0.1, 0.15) is 25.7 Å². The van der Waals surface area contributed by atoms with E-state index in [-0.39, 0.29) is 0 Å². The van der Waals surface area contributed by atoms with Crippen LogP contribution in [0.25, 0.3) is 0 Å². The highest BCUT2D eigenvalue weighted by molar-refractivity contribution is 7.91. The molecule has 0 spiro atoms. The van der Waals surface area contributed by atoms with Crippen molar-refractivity contribution in [3.05, 3.63) is 0 Å². The van der Waals surface area contributed by atoms with Crippen molar-refractivity contribution >= 4 is 9.84 Å². The van der Waals surface area contributed by atoms with Crippen LogP contribution in [0.15, 0.2) is 0 Å². The number of nitrogens with one attached hydrogen (secondary N) is 1. The molecule has 0 aromatic rings. The van der Waals surface area contributed by atoms with Gasteiger partial charge in [0.2, 0.25) is 0 Å². The molecule has 1 atom stereocenters. The van der Waals surface area contributed by atoms with Crippen LogP contribution < -0.4 is 5.32 Å². The fourth-order valence-corrected chi connectivity index (χ4v) is 4.19. The van der Waals surface area contributed by atoms with Gasteiger partial charge in [0.1, 0.15) is 9.84 Å². The van der Waals surface area contributed by atoms with Crippen LogP contribution in [-0.2, 0) is 9.84 Å². The Labute approximate surface area is 98.3 Å². The number of rotatable bonds is 3. The van der Waals surface area contributed by atoms with E-state index in [1.165, 1.54) is 12.8 Å². The van der Waals surface area contributed by atoms with E-state index < -0.39 is 9.84 Å². The van der Waals surface area contributed by atoms with Crippen molar-refractivity contribution in [2.24, 2.45) is 0 Å². The van der Waals surface area contributed by atoms with Crippen LogP contribution in [0, 0.1) is 0 Å². The molecule has 0 bridgehead atoms. The number of likely N-dealkylation sites (N-methyl/N-ethyl adjacent to an activating group) is 1. The number of hydrogen-bond donors (Lipinski definition) is 1. The van der Waals surface area contributed by atoms with Crippen LogP contribution in [0.3, 0.4) is 0 Å². The Morgan fingerprint density at radius 1 is 1.25 bits per heavy atom. The van der Waals surface area contributed by atoms with Crippen molar-refractivity contribution in [2.45, 2.75) is 37.8 Å². The molecule has 0 saturated carbocycles. The summed E-state index contributed by atoms with van der Waals surface area (Å²) in [6.45, 7) is 2.20. The molecule has 4 nitrogen and oxygen atoms in total. The monoisotopic (exact) mass is 246 g/mol. The minimum atomic E-state index is -2.72. The van der Waals surface area contributed by atoms with E-state index in [2.05, 4.69) is 17.3 Å². The van der Waals surface area contributed by atoms with Crippen molar-refractivity contribution in [1.82, 2.24) is 10.2 Å². The summed E-state index contributed by atoms with van der Waals surface area (Å²) in [7, 11) is -0.591. The molecular weight excluding hydrogens is 224 g/mol. The molecule has 0 aromatic carbocycles. The molecule has 2 saturated heterocycles.